The normalized spacial score (nSPS) is 20.8. The van der Waals surface area contributed by atoms with Crippen molar-refractivity contribution in [2.24, 2.45) is 5.92 Å². The van der Waals surface area contributed by atoms with Crippen LogP contribution >= 0.6 is 23.2 Å². The number of tetrazole rings is 1. The van der Waals surface area contributed by atoms with Crippen molar-refractivity contribution in [3.05, 3.63) is 40.1 Å². The summed E-state index contributed by atoms with van der Waals surface area (Å²) in [7, 11) is 0. The third-order valence-corrected chi connectivity index (χ3v) is 4.53. The Morgan fingerprint density at radius 2 is 2.25 bits per heavy atom. The molecule has 0 amide bonds. The molecular weight excluding hydrogens is 297 g/mol. The molecule has 1 aliphatic rings. The van der Waals surface area contributed by atoms with Crippen LogP contribution in [0.3, 0.4) is 0 Å². The van der Waals surface area contributed by atoms with Gasteiger partial charge in [-0.15, -0.1) is 10.2 Å². The minimum atomic E-state index is -0.0449. The fourth-order valence-electron chi connectivity index (χ4n) is 2.77. The fourth-order valence-corrected chi connectivity index (χ4v) is 3.19. The van der Waals surface area contributed by atoms with Gasteiger partial charge < -0.3 is 5.32 Å². The van der Waals surface area contributed by atoms with Gasteiger partial charge in [-0.1, -0.05) is 35.3 Å². The Morgan fingerprint density at radius 1 is 1.35 bits per heavy atom. The maximum atomic E-state index is 6.38. The van der Waals surface area contributed by atoms with Crippen molar-refractivity contribution in [1.82, 2.24) is 25.5 Å². The molecule has 106 valence electrons. The largest absolute Gasteiger partial charge is 0.316 e. The molecule has 0 radical (unpaired) electrons. The van der Waals surface area contributed by atoms with Crippen molar-refractivity contribution in [2.45, 2.75) is 18.9 Å². The Kier molecular flexibility index (Phi) is 4.19. The first-order chi connectivity index (χ1) is 9.77. The standard InChI is InChI=1S/C13H15Cl2N5/c14-11-5-1-4-10(12(11)15)13(20-18-8-17-19-20)9-3-2-6-16-7-9/h1,4-5,8-9,13,16H,2-3,6-7H2/t9-,13+/m0/s1. The Labute approximate surface area is 127 Å². The first kappa shape index (κ1) is 13.8. The zero-order valence-electron chi connectivity index (χ0n) is 10.8. The second-order valence-corrected chi connectivity index (χ2v) is 5.74. The summed E-state index contributed by atoms with van der Waals surface area (Å²) in [5, 5.41) is 16.6. The minimum Gasteiger partial charge on any atom is -0.316 e. The number of benzene rings is 1. The van der Waals surface area contributed by atoms with Crippen LogP contribution in [0.2, 0.25) is 10.0 Å². The van der Waals surface area contributed by atoms with E-state index in [9.17, 15) is 0 Å². The van der Waals surface area contributed by atoms with Gasteiger partial charge in [0.15, 0.2) is 6.33 Å². The van der Waals surface area contributed by atoms with Crippen LogP contribution in [0.1, 0.15) is 24.4 Å². The molecule has 5 nitrogen and oxygen atoms in total. The van der Waals surface area contributed by atoms with Crippen LogP contribution in [0, 0.1) is 5.92 Å². The van der Waals surface area contributed by atoms with Crippen LogP contribution in [0.4, 0.5) is 0 Å². The number of nitrogens with zero attached hydrogens (tertiary/aromatic N) is 4. The number of piperidine rings is 1. The summed E-state index contributed by atoms with van der Waals surface area (Å²) in [4.78, 5) is 1.63. The number of halogens is 2. The third kappa shape index (κ3) is 2.66. The molecule has 1 N–H and O–H groups in total. The summed E-state index contributed by atoms with van der Waals surface area (Å²) in [6, 6.07) is 5.63. The van der Waals surface area contributed by atoms with Gasteiger partial charge in [0.1, 0.15) is 6.04 Å². The Balaban J connectivity index is 2.03. The molecular formula is C13H15Cl2N5. The van der Waals surface area contributed by atoms with E-state index in [1.165, 1.54) is 6.33 Å². The van der Waals surface area contributed by atoms with Crippen LogP contribution in [0.15, 0.2) is 24.5 Å². The molecule has 1 aromatic heterocycles. The molecule has 7 heteroatoms. The Bertz CT molecular complexity index is 566. The lowest BCUT2D eigenvalue weighted by Gasteiger charge is -2.30. The summed E-state index contributed by atoms with van der Waals surface area (Å²) >= 11 is 12.5. The lowest BCUT2D eigenvalue weighted by atomic mass is 9.87. The molecule has 2 aromatic rings. The van der Waals surface area contributed by atoms with E-state index in [0.29, 0.717) is 16.0 Å². The quantitative estimate of drug-likeness (QED) is 0.946. The molecule has 0 unspecified atom stereocenters. The van der Waals surface area contributed by atoms with Gasteiger partial charge in [-0.3, -0.25) is 0 Å². The monoisotopic (exact) mass is 311 g/mol. The van der Waals surface area contributed by atoms with E-state index >= 15 is 0 Å². The zero-order chi connectivity index (χ0) is 13.9. The highest BCUT2D eigenvalue weighted by atomic mass is 35.5. The van der Waals surface area contributed by atoms with Gasteiger partial charge in [0, 0.05) is 6.54 Å². The van der Waals surface area contributed by atoms with Crippen molar-refractivity contribution in [1.29, 1.82) is 0 Å². The van der Waals surface area contributed by atoms with Crippen molar-refractivity contribution >= 4 is 23.2 Å². The predicted molar refractivity (Wildman–Crippen MR) is 78.0 cm³/mol. The van der Waals surface area contributed by atoms with E-state index in [4.69, 9.17) is 23.2 Å². The molecule has 20 heavy (non-hydrogen) atoms. The first-order valence-electron chi connectivity index (χ1n) is 6.64. The maximum absolute atomic E-state index is 6.38. The fraction of sp³-hybridized carbons (Fsp3) is 0.462. The zero-order valence-corrected chi connectivity index (χ0v) is 12.3. The summed E-state index contributed by atoms with van der Waals surface area (Å²) in [6.07, 6.45) is 3.68. The molecule has 2 heterocycles. The van der Waals surface area contributed by atoms with Crippen LogP contribution in [0.5, 0.6) is 0 Å². The molecule has 1 saturated heterocycles. The van der Waals surface area contributed by atoms with E-state index in [-0.39, 0.29) is 6.04 Å². The smallest absolute Gasteiger partial charge is 0.162 e. The first-order valence-corrected chi connectivity index (χ1v) is 7.40. The van der Waals surface area contributed by atoms with Gasteiger partial charge in [-0.05, 0) is 42.1 Å². The predicted octanol–water partition coefficient (Wildman–Crippen LogP) is 2.57. The summed E-state index contributed by atoms with van der Waals surface area (Å²) in [6.45, 7) is 1.96. The lowest BCUT2D eigenvalue weighted by molar-refractivity contribution is 0.261. The average molecular weight is 312 g/mol. The van der Waals surface area contributed by atoms with Gasteiger partial charge in [0.2, 0.25) is 0 Å². The number of hydrogen-bond donors (Lipinski definition) is 1. The topological polar surface area (TPSA) is 55.6 Å². The van der Waals surface area contributed by atoms with E-state index in [2.05, 4.69) is 20.7 Å². The van der Waals surface area contributed by atoms with E-state index in [1.54, 1.807) is 10.9 Å². The number of hydrogen-bond acceptors (Lipinski definition) is 4. The number of nitrogens with one attached hydrogen (secondary N) is 1. The van der Waals surface area contributed by atoms with Crippen molar-refractivity contribution in [2.75, 3.05) is 13.1 Å². The van der Waals surface area contributed by atoms with E-state index in [1.807, 2.05) is 12.1 Å². The Morgan fingerprint density at radius 3 is 2.95 bits per heavy atom. The second-order valence-electron chi connectivity index (χ2n) is 4.95. The number of rotatable bonds is 3. The highest BCUT2D eigenvalue weighted by Crippen LogP contribution is 2.36. The second kappa shape index (κ2) is 6.08. The highest BCUT2D eigenvalue weighted by molar-refractivity contribution is 6.42. The molecule has 3 rings (SSSR count). The van der Waals surface area contributed by atoms with Gasteiger partial charge in [-0.2, -0.15) is 4.80 Å². The van der Waals surface area contributed by atoms with Crippen molar-refractivity contribution < 1.29 is 0 Å². The molecule has 0 aliphatic carbocycles. The van der Waals surface area contributed by atoms with Gasteiger partial charge in [-0.25, -0.2) is 0 Å². The molecule has 0 saturated carbocycles. The van der Waals surface area contributed by atoms with Crippen LogP contribution in [-0.4, -0.2) is 33.3 Å². The molecule has 1 aliphatic heterocycles. The number of aromatic nitrogens is 4. The van der Waals surface area contributed by atoms with Gasteiger partial charge >= 0.3 is 0 Å². The third-order valence-electron chi connectivity index (χ3n) is 3.70. The Hall–Kier alpha value is -1.17. The molecule has 2 atom stereocenters. The van der Waals surface area contributed by atoms with E-state index in [0.717, 1.165) is 31.5 Å². The van der Waals surface area contributed by atoms with E-state index < -0.39 is 0 Å². The average Bonchev–Trinajstić information content (AvgIpc) is 2.99. The molecule has 1 aromatic carbocycles. The summed E-state index contributed by atoms with van der Waals surface area (Å²) in [5.41, 5.74) is 0.950. The van der Waals surface area contributed by atoms with Crippen LogP contribution < -0.4 is 5.32 Å². The van der Waals surface area contributed by atoms with Crippen molar-refractivity contribution in [3.63, 3.8) is 0 Å². The maximum Gasteiger partial charge on any atom is 0.162 e. The lowest BCUT2D eigenvalue weighted by Crippen LogP contribution is -2.36. The van der Waals surface area contributed by atoms with Gasteiger partial charge in [0.25, 0.3) is 0 Å². The highest BCUT2D eigenvalue weighted by Gasteiger charge is 2.30. The minimum absolute atomic E-state index is 0.0449. The molecule has 1 fully saturated rings. The molecule has 0 spiro atoms. The molecule has 0 bridgehead atoms. The summed E-state index contributed by atoms with van der Waals surface area (Å²) in [5.74, 6) is 0.369. The van der Waals surface area contributed by atoms with Crippen molar-refractivity contribution in [3.8, 4) is 0 Å². The van der Waals surface area contributed by atoms with Crippen LogP contribution in [0.25, 0.3) is 0 Å². The summed E-state index contributed by atoms with van der Waals surface area (Å²) < 4.78 is 0. The van der Waals surface area contributed by atoms with Crippen LogP contribution in [-0.2, 0) is 0 Å². The van der Waals surface area contributed by atoms with Gasteiger partial charge in [0.05, 0.1) is 10.0 Å². The SMILES string of the molecule is Clc1cccc([C@@H]([C@H]2CCCNC2)n2ncnn2)c1Cl.